The minimum Gasteiger partial charge on any atom is -0.478 e. The van der Waals surface area contributed by atoms with Crippen molar-refractivity contribution < 1.29 is 14.7 Å². The molecule has 1 amide bonds. The number of aliphatic carboxylic acids is 1. The van der Waals surface area contributed by atoms with Crippen molar-refractivity contribution in [2.45, 2.75) is 76.5 Å². The predicted molar refractivity (Wildman–Crippen MR) is 88.9 cm³/mol. The second-order valence-electron chi connectivity index (χ2n) is 6.97. The van der Waals surface area contributed by atoms with Crippen LogP contribution in [0.15, 0.2) is 11.6 Å². The van der Waals surface area contributed by atoms with Gasteiger partial charge in [0.15, 0.2) is 0 Å². The average Bonchev–Trinajstić information content (AvgIpc) is 2.50. The third kappa shape index (κ3) is 4.78. The molecule has 1 saturated carbocycles. The number of nitrogens with one attached hydrogen (secondary N) is 2. The van der Waals surface area contributed by atoms with Gasteiger partial charge in [0, 0.05) is 30.6 Å². The molecule has 1 fully saturated rings. The molecule has 2 aliphatic rings. The third-order valence-electron chi connectivity index (χ3n) is 5.14. The van der Waals surface area contributed by atoms with Crippen molar-refractivity contribution in [2.75, 3.05) is 0 Å². The average molecular weight is 323 g/mol. The highest BCUT2D eigenvalue weighted by Gasteiger charge is 2.35. The Morgan fingerprint density at radius 3 is 2.52 bits per heavy atom. The van der Waals surface area contributed by atoms with E-state index < -0.39 is 12.0 Å². The van der Waals surface area contributed by atoms with Crippen LogP contribution in [0.3, 0.4) is 0 Å². The second-order valence-corrected chi connectivity index (χ2v) is 6.97. The number of carboxylic acid groups (broad SMARTS) is 1. The van der Waals surface area contributed by atoms with Gasteiger partial charge >= 0.3 is 5.97 Å². The van der Waals surface area contributed by atoms with Gasteiger partial charge in [0.2, 0.25) is 5.91 Å². The van der Waals surface area contributed by atoms with Gasteiger partial charge in [-0.1, -0.05) is 25.3 Å². The molecule has 23 heavy (non-hydrogen) atoms. The molecule has 5 N–H and O–H groups in total. The lowest BCUT2D eigenvalue weighted by molar-refractivity contribution is -0.133. The number of hydrogen-bond acceptors (Lipinski definition) is 4. The van der Waals surface area contributed by atoms with Crippen LogP contribution < -0.4 is 16.4 Å². The molecule has 0 radical (unpaired) electrons. The summed E-state index contributed by atoms with van der Waals surface area (Å²) in [5.41, 5.74) is 6.47. The van der Waals surface area contributed by atoms with E-state index >= 15 is 0 Å². The molecular weight excluding hydrogens is 294 g/mol. The summed E-state index contributed by atoms with van der Waals surface area (Å²) in [6.45, 7) is 3.61. The molecule has 4 unspecified atom stereocenters. The van der Waals surface area contributed by atoms with E-state index in [0.717, 1.165) is 0 Å². The van der Waals surface area contributed by atoms with Crippen molar-refractivity contribution in [3.8, 4) is 0 Å². The number of amides is 1. The Morgan fingerprint density at radius 2 is 1.96 bits per heavy atom. The Hall–Kier alpha value is -1.40. The van der Waals surface area contributed by atoms with Crippen LogP contribution in [0.5, 0.6) is 0 Å². The number of carbonyl (C=O) groups excluding carboxylic acids is 1. The quantitative estimate of drug-likeness (QED) is 0.608. The van der Waals surface area contributed by atoms with Crippen LogP contribution in [0.2, 0.25) is 0 Å². The van der Waals surface area contributed by atoms with E-state index in [4.69, 9.17) is 5.73 Å². The van der Waals surface area contributed by atoms with Gasteiger partial charge in [-0.2, -0.15) is 0 Å². The first kappa shape index (κ1) is 17.9. The maximum Gasteiger partial charge on any atom is 0.331 e. The molecule has 0 heterocycles. The third-order valence-corrected chi connectivity index (χ3v) is 5.14. The summed E-state index contributed by atoms with van der Waals surface area (Å²) < 4.78 is 0. The largest absolute Gasteiger partial charge is 0.478 e. The highest BCUT2D eigenvalue weighted by Crippen LogP contribution is 2.27. The van der Waals surface area contributed by atoms with Crippen molar-refractivity contribution >= 4 is 11.9 Å². The molecule has 2 aliphatic carbocycles. The van der Waals surface area contributed by atoms with E-state index in [1.165, 1.54) is 39.0 Å². The zero-order valence-electron chi connectivity index (χ0n) is 14.0. The van der Waals surface area contributed by atoms with Gasteiger partial charge in [-0.25, -0.2) is 4.79 Å². The van der Waals surface area contributed by atoms with Gasteiger partial charge < -0.3 is 21.5 Å². The van der Waals surface area contributed by atoms with Crippen LogP contribution in [0.1, 0.15) is 52.4 Å². The monoisotopic (exact) mass is 323 g/mol. The Labute approximate surface area is 137 Å². The van der Waals surface area contributed by atoms with E-state index in [2.05, 4.69) is 17.6 Å². The summed E-state index contributed by atoms with van der Waals surface area (Å²) in [6.07, 6.45) is 8.22. The van der Waals surface area contributed by atoms with Crippen LogP contribution in [0.25, 0.3) is 0 Å². The van der Waals surface area contributed by atoms with E-state index in [1.807, 2.05) is 0 Å². The number of carboxylic acids is 1. The molecule has 0 bridgehead atoms. The minimum absolute atomic E-state index is 0.144. The molecule has 0 aliphatic heterocycles. The fourth-order valence-corrected chi connectivity index (χ4v) is 3.85. The lowest BCUT2D eigenvalue weighted by Gasteiger charge is -2.39. The lowest BCUT2D eigenvalue weighted by atomic mass is 9.82. The highest BCUT2D eigenvalue weighted by atomic mass is 16.4. The molecule has 6 heteroatoms. The van der Waals surface area contributed by atoms with Crippen molar-refractivity contribution in [1.29, 1.82) is 0 Å². The van der Waals surface area contributed by atoms with Crippen molar-refractivity contribution in [1.82, 2.24) is 10.6 Å². The molecule has 130 valence electrons. The molecule has 6 nitrogen and oxygen atoms in total. The van der Waals surface area contributed by atoms with Crippen LogP contribution in [0.4, 0.5) is 0 Å². The van der Waals surface area contributed by atoms with Gasteiger partial charge in [0.05, 0.1) is 6.04 Å². The van der Waals surface area contributed by atoms with Gasteiger partial charge in [-0.3, -0.25) is 4.79 Å². The van der Waals surface area contributed by atoms with Gasteiger partial charge in [0.1, 0.15) is 0 Å². The molecule has 2 rings (SSSR count). The zero-order chi connectivity index (χ0) is 17.0. The Morgan fingerprint density at radius 1 is 1.30 bits per heavy atom. The molecule has 0 aromatic rings. The SMILES string of the molecule is CC(=O)NC1C(N)CC(C(=O)O)=CC1NC(C)C1CCCCC1. The predicted octanol–water partition coefficient (Wildman–Crippen LogP) is 1.16. The molecule has 0 aromatic carbocycles. The number of hydrogen-bond donors (Lipinski definition) is 4. The number of nitrogens with two attached hydrogens (primary N) is 1. The van der Waals surface area contributed by atoms with Gasteiger partial charge in [-0.05, 0) is 32.1 Å². The van der Waals surface area contributed by atoms with E-state index in [1.54, 1.807) is 6.08 Å². The van der Waals surface area contributed by atoms with Gasteiger partial charge in [0.25, 0.3) is 0 Å². The summed E-state index contributed by atoms with van der Waals surface area (Å²) >= 11 is 0. The van der Waals surface area contributed by atoms with Crippen molar-refractivity contribution in [2.24, 2.45) is 11.7 Å². The van der Waals surface area contributed by atoms with Gasteiger partial charge in [-0.15, -0.1) is 0 Å². The van der Waals surface area contributed by atoms with E-state index in [9.17, 15) is 14.7 Å². The topological polar surface area (TPSA) is 104 Å². The molecule has 4 atom stereocenters. The van der Waals surface area contributed by atoms with Crippen LogP contribution >= 0.6 is 0 Å². The smallest absolute Gasteiger partial charge is 0.331 e. The van der Waals surface area contributed by atoms with Crippen molar-refractivity contribution in [3.63, 3.8) is 0 Å². The standard InChI is InChI=1S/C17H29N3O3/c1-10(12-6-4-3-5-7-12)19-15-9-13(17(22)23)8-14(18)16(15)20-11(2)21/h9-10,12,14-16,19H,3-8,18H2,1-2H3,(H,20,21)(H,22,23). The number of carbonyl (C=O) groups is 2. The van der Waals surface area contributed by atoms with Crippen LogP contribution in [-0.2, 0) is 9.59 Å². The zero-order valence-corrected chi connectivity index (χ0v) is 14.0. The van der Waals surface area contributed by atoms with E-state index in [-0.39, 0.29) is 30.5 Å². The highest BCUT2D eigenvalue weighted by molar-refractivity contribution is 5.87. The Kier molecular flexibility index (Phi) is 6.18. The normalized spacial score (nSPS) is 30.4. The van der Waals surface area contributed by atoms with Crippen LogP contribution in [0, 0.1) is 5.92 Å². The lowest BCUT2D eigenvalue weighted by Crippen LogP contribution is -2.61. The summed E-state index contributed by atoms with van der Waals surface area (Å²) in [7, 11) is 0. The summed E-state index contributed by atoms with van der Waals surface area (Å²) in [4.78, 5) is 22.8. The maximum atomic E-state index is 11.5. The Balaban J connectivity index is 2.12. The van der Waals surface area contributed by atoms with Crippen LogP contribution in [-0.4, -0.2) is 41.2 Å². The number of rotatable bonds is 5. The molecule has 0 saturated heterocycles. The maximum absolute atomic E-state index is 11.5. The van der Waals surface area contributed by atoms with Crippen molar-refractivity contribution in [3.05, 3.63) is 11.6 Å². The second kappa shape index (κ2) is 7.93. The molecule has 0 spiro atoms. The first-order valence-electron chi connectivity index (χ1n) is 8.61. The fourth-order valence-electron chi connectivity index (χ4n) is 3.85. The summed E-state index contributed by atoms with van der Waals surface area (Å²) in [5, 5.41) is 15.7. The molecule has 0 aromatic heterocycles. The Bertz CT molecular complexity index is 472. The first-order valence-corrected chi connectivity index (χ1v) is 8.61. The summed E-state index contributed by atoms with van der Waals surface area (Å²) in [5.74, 6) is -0.477. The minimum atomic E-state index is -0.932. The molecular formula is C17H29N3O3. The fraction of sp³-hybridized carbons (Fsp3) is 0.765. The first-order chi connectivity index (χ1) is 10.9. The van der Waals surface area contributed by atoms with E-state index in [0.29, 0.717) is 11.5 Å². The summed E-state index contributed by atoms with van der Waals surface area (Å²) in [6, 6.07) is -0.647.